The number of carbonyl (C=O) groups excluding carboxylic acids is 1. The average molecular weight is 305 g/mol. The van der Waals surface area contributed by atoms with E-state index < -0.39 is 0 Å². The van der Waals surface area contributed by atoms with Crippen molar-refractivity contribution < 1.29 is 4.79 Å². The van der Waals surface area contributed by atoms with Gasteiger partial charge in [0.1, 0.15) is 19.2 Å². The third kappa shape index (κ3) is 4.11. The smallest absolute Gasteiger partial charge is 0.242 e. The lowest BCUT2D eigenvalue weighted by Crippen LogP contribution is -2.29. The molecule has 0 radical (unpaired) electrons. The number of anilines is 2. The van der Waals surface area contributed by atoms with Crippen LogP contribution >= 0.6 is 0 Å². The maximum Gasteiger partial charge on any atom is 0.242 e. The molecule has 0 fully saturated rings. The Hall–Kier alpha value is -2.78. The van der Waals surface area contributed by atoms with Crippen molar-refractivity contribution in [3.8, 4) is 0 Å². The van der Waals surface area contributed by atoms with Crippen molar-refractivity contribution in [1.82, 2.24) is 35.0 Å². The highest BCUT2D eigenvalue weighted by molar-refractivity contribution is 5.75. The molecule has 10 nitrogen and oxygen atoms in total. The van der Waals surface area contributed by atoms with Gasteiger partial charge in [0.05, 0.1) is 6.54 Å². The largest absolute Gasteiger partial charge is 0.347 e. The molecule has 22 heavy (non-hydrogen) atoms. The molecule has 2 aromatic rings. The maximum absolute atomic E-state index is 11.8. The summed E-state index contributed by atoms with van der Waals surface area (Å²) in [6.45, 7) is 0.323. The van der Waals surface area contributed by atoms with Crippen molar-refractivity contribution in [2.45, 2.75) is 13.1 Å². The summed E-state index contributed by atoms with van der Waals surface area (Å²) in [5, 5.41) is 6.63. The van der Waals surface area contributed by atoms with Crippen LogP contribution in [-0.2, 0) is 17.9 Å². The molecule has 1 amide bonds. The molecule has 2 heterocycles. The van der Waals surface area contributed by atoms with Gasteiger partial charge in [0.25, 0.3) is 0 Å². The highest BCUT2D eigenvalue weighted by Gasteiger charge is 2.11. The van der Waals surface area contributed by atoms with E-state index in [1.54, 1.807) is 9.80 Å². The van der Waals surface area contributed by atoms with E-state index in [0.717, 1.165) is 0 Å². The molecule has 0 aliphatic heterocycles. The van der Waals surface area contributed by atoms with Crippen molar-refractivity contribution in [3.63, 3.8) is 0 Å². The second-order valence-electron chi connectivity index (χ2n) is 5.01. The summed E-state index contributed by atoms with van der Waals surface area (Å²) in [4.78, 5) is 32.1. The lowest BCUT2D eigenvalue weighted by atomic mass is 10.5. The normalized spacial score (nSPS) is 10.4. The summed E-state index contributed by atoms with van der Waals surface area (Å²) in [6.07, 6.45) is 2.86. The number of hydrogen-bond donors (Lipinski definition) is 1. The number of hydrogen-bond acceptors (Lipinski definition) is 8. The van der Waals surface area contributed by atoms with E-state index in [0.29, 0.717) is 17.7 Å². The summed E-state index contributed by atoms with van der Waals surface area (Å²) in [6, 6.07) is 0. The maximum atomic E-state index is 11.8. The summed E-state index contributed by atoms with van der Waals surface area (Å²) in [5.74, 6) is 1.39. The fraction of sp³-hybridized carbons (Fsp3) is 0.500. The molecule has 0 spiro atoms. The van der Waals surface area contributed by atoms with Gasteiger partial charge in [0.15, 0.2) is 5.82 Å². The van der Waals surface area contributed by atoms with Gasteiger partial charge in [-0.05, 0) is 0 Å². The zero-order valence-electron chi connectivity index (χ0n) is 13.1. The first-order chi connectivity index (χ1) is 10.5. The number of aromatic nitrogens is 6. The van der Waals surface area contributed by atoms with E-state index >= 15 is 0 Å². The molecule has 0 unspecified atom stereocenters. The minimum atomic E-state index is -0.191. The molecular weight excluding hydrogens is 286 g/mol. The van der Waals surface area contributed by atoms with Crippen molar-refractivity contribution in [2.24, 2.45) is 0 Å². The Balaban J connectivity index is 2.03. The molecule has 10 heteroatoms. The predicted octanol–water partition coefficient (Wildman–Crippen LogP) is -1.09. The minimum Gasteiger partial charge on any atom is -0.347 e. The predicted molar refractivity (Wildman–Crippen MR) is 80.3 cm³/mol. The zero-order valence-corrected chi connectivity index (χ0v) is 13.1. The monoisotopic (exact) mass is 305 g/mol. The Morgan fingerprint density at radius 1 is 1.14 bits per heavy atom. The summed E-state index contributed by atoms with van der Waals surface area (Å²) in [7, 11) is 7.40. The molecule has 118 valence electrons. The van der Waals surface area contributed by atoms with Crippen molar-refractivity contribution >= 4 is 17.8 Å². The van der Waals surface area contributed by atoms with Crippen LogP contribution in [0.15, 0.2) is 12.7 Å². The minimum absolute atomic E-state index is 0.103. The fourth-order valence-electron chi connectivity index (χ4n) is 1.57. The van der Waals surface area contributed by atoms with E-state index in [1.165, 1.54) is 17.3 Å². The summed E-state index contributed by atoms with van der Waals surface area (Å²) < 4.78 is 1.44. The van der Waals surface area contributed by atoms with Gasteiger partial charge < -0.3 is 15.1 Å². The van der Waals surface area contributed by atoms with Crippen LogP contribution in [-0.4, -0.2) is 63.8 Å². The number of amides is 1. The molecule has 0 aliphatic carbocycles. The van der Waals surface area contributed by atoms with Crippen LogP contribution in [0.25, 0.3) is 0 Å². The third-order valence-electron chi connectivity index (χ3n) is 2.67. The molecule has 0 aliphatic rings. The molecule has 0 bridgehead atoms. The fourth-order valence-corrected chi connectivity index (χ4v) is 1.57. The molecule has 0 saturated heterocycles. The number of carbonyl (C=O) groups is 1. The number of nitrogens with one attached hydrogen (secondary N) is 1. The van der Waals surface area contributed by atoms with Crippen molar-refractivity contribution in [1.29, 1.82) is 0 Å². The van der Waals surface area contributed by atoms with Crippen LogP contribution < -0.4 is 15.1 Å². The lowest BCUT2D eigenvalue weighted by Gasteiger charge is -2.16. The van der Waals surface area contributed by atoms with Gasteiger partial charge in [-0.2, -0.15) is 20.1 Å². The number of nitrogens with zero attached hydrogens (tertiary/aromatic N) is 8. The quantitative estimate of drug-likeness (QED) is 0.718. The Bertz CT molecular complexity index is 597. The van der Waals surface area contributed by atoms with Gasteiger partial charge in [-0.3, -0.25) is 4.79 Å². The second kappa shape index (κ2) is 6.78. The molecule has 0 atom stereocenters. The van der Waals surface area contributed by atoms with Gasteiger partial charge in [0.2, 0.25) is 17.8 Å². The molecule has 2 aromatic heterocycles. The standard InChI is InChI=1S/C12H19N9O/c1-19(2)11-16-9(17-12(18-11)20(3)4)5-14-10(22)6-21-8-13-7-15-21/h7-8H,5-6H2,1-4H3,(H,14,22). The summed E-state index contributed by atoms with van der Waals surface area (Å²) >= 11 is 0. The van der Waals surface area contributed by atoms with Gasteiger partial charge in [-0.1, -0.05) is 0 Å². The van der Waals surface area contributed by atoms with Crippen LogP contribution in [0.1, 0.15) is 5.82 Å². The second-order valence-corrected chi connectivity index (χ2v) is 5.01. The van der Waals surface area contributed by atoms with Gasteiger partial charge in [0, 0.05) is 28.2 Å². The Kier molecular flexibility index (Phi) is 4.81. The van der Waals surface area contributed by atoms with Gasteiger partial charge >= 0.3 is 0 Å². The van der Waals surface area contributed by atoms with Gasteiger partial charge in [-0.25, -0.2) is 9.67 Å². The van der Waals surface area contributed by atoms with E-state index in [9.17, 15) is 4.79 Å². The molecule has 0 saturated carbocycles. The van der Waals surface area contributed by atoms with E-state index in [2.05, 4.69) is 30.4 Å². The molecule has 0 aromatic carbocycles. The topological polar surface area (TPSA) is 105 Å². The number of rotatable bonds is 6. The van der Waals surface area contributed by atoms with Gasteiger partial charge in [-0.15, -0.1) is 0 Å². The Morgan fingerprint density at radius 2 is 1.77 bits per heavy atom. The van der Waals surface area contributed by atoms with Crippen LogP contribution in [0.5, 0.6) is 0 Å². The first-order valence-corrected chi connectivity index (χ1v) is 6.64. The molecule has 1 N–H and O–H groups in total. The molecule has 2 rings (SSSR count). The third-order valence-corrected chi connectivity index (χ3v) is 2.67. The highest BCUT2D eigenvalue weighted by atomic mass is 16.2. The first-order valence-electron chi connectivity index (χ1n) is 6.64. The van der Waals surface area contributed by atoms with Crippen molar-refractivity contribution in [2.75, 3.05) is 38.0 Å². The molecular formula is C12H19N9O. The Morgan fingerprint density at radius 3 is 2.27 bits per heavy atom. The van der Waals surface area contributed by atoms with Crippen LogP contribution in [0.3, 0.4) is 0 Å². The Labute approximate surface area is 128 Å². The van der Waals surface area contributed by atoms with Crippen molar-refractivity contribution in [3.05, 3.63) is 18.5 Å². The first kappa shape index (κ1) is 15.6. The summed E-state index contributed by atoms with van der Waals surface area (Å²) in [5.41, 5.74) is 0. The SMILES string of the molecule is CN(C)c1nc(CNC(=O)Cn2cncn2)nc(N(C)C)n1. The van der Waals surface area contributed by atoms with E-state index in [-0.39, 0.29) is 19.0 Å². The van der Waals surface area contributed by atoms with Crippen LogP contribution in [0.4, 0.5) is 11.9 Å². The lowest BCUT2D eigenvalue weighted by molar-refractivity contribution is -0.122. The average Bonchev–Trinajstić information content (AvgIpc) is 2.97. The van der Waals surface area contributed by atoms with Crippen LogP contribution in [0, 0.1) is 0 Å². The van der Waals surface area contributed by atoms with Crippen LogP contribution in [0.2, 0.25) is 0 Å². The van der Waals surface area contributed by atoms with E-state index in [4.69, 9.17) is 0 Å². The van der Waals surface area contributed by atoms with E-state index in [1.807, 2.05) is 28.2 Å². The zero-order chi connectivity index (χ0) is 16.1. The highest BCUT2D eigenvalue weighted by Crippen LogP contribution is 2.10.